The van der Waals surface area contributed by atoms with Crippen molar-refractivity contribution in [1.29, 1.82) is 0 Å². The van der Waals surface area contributed by atoms with Gasteiger partial charge < -0.3 is 9.84 Å². The fraction of sp³-hybridized carbons (Fsp3) is 0.786. The SMILES string of the molecule is Cn1nccc1CCC1(CO)CCOC1C1CC1. The van der Waals surface area contributed by atoms with Crippen LogP contribution in [-0.2, 0) is 18.2 Å². The highest BCUT2D eigenvalue weighted by Crippen LogP contribution is 2.49. The summed E-state index contributed by atoms with van der Waals surface area (Å²) in [6, 6.07) is 2.06. The molecule has 1 aromatic heterocycles. The van der Waals surface area contributed by atoms with Crippen LogP contribution in [0.1, 0.15) is 31.4 Å². The van der Waals surface area contributed by atoms with Gasteiger partial charge in [0, 0.05) is 31.0 Å². The third-order valence-electron chi connectivity index (χ3n) is 4.67. The molecule has 0 amide bonds. The minimum Gasteiger partial charge on any atom is -0.396 e. The molecule has 1 aliphatic carbocycles. The summed E-state index contributed by atoms with van der Waals surface area (Å²) < 4.78 is 7.83. The van der Waals surface area contributed by atoms with Crippen LogP contribution in [0.15, 0.2) is 12.3 Å². The van der Waals surface area contributed by atoms with Gasteiger partial charge in [0.25, 0.3) is 0 Å². The van der Waals surface area contributed by atoms with E-state index in [1.807, 2.05) is 17.9 Å². The molecule has 100 valence electrons. The quantitative estimate of drug-likeness (QED) is 0.862. The van der Waals surface area contributed by atoms with Crippen LogP contribution in [0.3, 0.4) is 0 Å². The summed E-state index contributed by atoms with van der Waals surface area (Å²) in [6.07, 6.45) is 7.66. The van der Waals surface area contributed by atoms with Crippen LogP contribution < -0.4 is 0 Å². The van der Waals surface area contributed by atoms with Crippen molar-refractivity contribution in [1.82, 2.24) is 9.78 Å². The third-order valence-corrected chi connectivity index (χ3v) is 4.67. The summed E-state index contributed by atoms with van der Waals surface area (Å²) >= 11 is 0. The fourth-order valence-electron chi connectivity index (χ4n) is 3.28. The lowest BCUT2D eigenvalue weighted by molar-refractivity contribution is -0.00424. The van der Waals surface area contributed by atoms with Crippen LogP contribution in [0.2, 0.25) is 0 Å². The number of hydrogen-bond acceptors (Lipinski definition) is 3. The summed E-state index contributed by atoms with van der Waals surface area (Å²) in [4.78, 5) is 0. The topological polar surface area (TPSA) is 47.3 Å². The van der Waals surface area contributed by atoms with Crippen LogP contribution in [-0.4, -0.2) is 34.2 Å². The predicted octanol–water partition coefficient (Wildman–Crippen LogP) is 1.53. The summed E-state index contributed by atoms with van der Waals surface area (Å²) in [6.45, 7) is 1.07. The molecule has 18 heavy (non-hydrogen) atoms. The van der Waals surface area contributed by atoms with Crippen LogP contribution in [0.4, 0.5) is 0 Å². The molecule has 1 saturated heterocycles. The normalized spacial score (nSPS) is 32.0. The van der Waals surface area contributed by atoms with Crippen molar-refractivity contribution in [3.8, 4) is 0 Å². The Bertz CT molecular complexity index is 414. The van der Waals surface area contributed by atoms with Gasteiger partial charge >= 0.3 is 0 Å². The van der Waals surface area contributed by atoms with Gasteiger partial charge in [-0.25, -0.2) is 0 Å². The first-order chi connectivity index (χ1) is 8.75. The summed E-state index contributed by atoms with van der Waals surface area (Å²) in [5.41, 5.74) is 1.23. The Morgan fingerprint density at radius 3 is 3.00 bits per heavy atom. The molecule has 4 heteroatoms. The lowest BCUT2D eigenvalue weighted by atomic mass is 9.75. The second-order valence-electron chi connectivity index (χ2n) is 5.85. The number of hydrogen-bond donors (Lipinski definition) is 1. The second-order valence-corrected chi connectivity index (χ2v) is 5.85. The molecule has 2 heterocycles. The highest BCUT2D eigenvalue weighted by molar-refractivity contribution is 5.05. The van der Waals surface area contributed by atoms with Crippen LogP contribution in [0.5, 0.6) is 0 Å². The van der Waals surface area contributed by atoms with Crippen molar-refractivity contribution in [3.05, 3.63) is 18.0 Å². The average Bonchev–Trinajstić information content (AvgIpc) is 3.01. The molecule has 2 fully saturated rings. The smallest absolute Gasteiger partial charge is 0.0682 e. The van der Waals surface area contributed by atoms with E-state index < -0.39 is 0 Å². The molecule has 0 radical (unpaired) electrons. The van der Waals surface area contributed by atoms with Gasteiger partial charge in [0.05, 0.1) is 12.7 Å². The molecule has 1 aromatic rings. The number of aliphatic hydroxyl groups excluding tert-OH is 1. The zero-order valence-electron chi connectivity index (χ0n) is 11.0. The molecule has 1 saturated carbocycles. The fourth-order valence-corrected chi connectivity index (χ4v) is 3.28. The van der Waals surface area contributed by atoms with Gasteiger partial charge in [0.2, 0.25) is 0 Å². The van der Waals surface area contributed by atoms with Crippen LogP contribution >= 0.6 is 0 Å². The summed E-state index contributed by atoms with van der Waals surface area (Å²) in [7, 11) is 1.98. The lowest BCUT2D eigenvalue weighted by Crippen LogP contribution is -2.36. The molecule has 0 spiro atoms. The van der Waals surface area contributed by atoms with Gasteiger partial charge in [-0.3, -0.25) is 4.68 Å². The Balaban J connectivity index is 1.69. The van der Waals surface area contributed by atoms with Crippen molar-refractivity contribution in [2.75, 3.05) is 13.2 Å². The van der Waals surface area contributed by atoms with E-state index in [2.05, 4.69) is 11.2 Å². The molecule has 1 N–H and O–H groups in total. The number of rotatable bonds is 5. The number of nitrogens with zero attached hydrogens (tertiary/aromatic N) is 2. The maximum Gasteiger partial charge on any atom is 0.0682 e. The van der Waals surface area contributed by atoms with Crippen molar-refractivity contribution in [2.24, 2.45) is 18.4 Å². The number of aromatic nitrogens is 2. The Kier molecular flexibility index (Phi) is 3.16. The van der Waals surface area contributed by atoms with E-state index >= 15 is 0 Å². The van der Waals surface area contributed by atoms with Gasteiger partial charge in [-0.2, -0.15) is 5.10 Å². The monoisotopic (exact) mass is 250 g/mol. The number of aliphatic hydroxyl groups is 1. The predicted molar refractivity (Wildman–Crippen MR) is 68.1 cm³/mol. The Labute approximate surface area is 108 Å². The van der Waals surface area contributed by atoms with Crippen molar-refractivity contribution >= 4 is 0 Å². The minimum atomic E-state index is -0.00850. The van der Waals surface area contributed by atoms with E-state index in [1.165, 1.54) is 18.5 Å². The molecular formula is C14H22N2O2. The van der Waals surface area contributed by atoms with E-state index in [0.717, 1.165) is 25.9 Å². The first-order valence-electron chi connectivity index (χ1n) is 6.94. The minimum absolute atomic E-state index is 0.00850. The van der Waals surface area contributed by atoms with Crippen molar-refractivity contribution in [2.45, 2.75) is 38.2 Å². The van der Waals surface area contributed by atoms with Gasteiger partial charge in [-0.05, 0) is 44.1 Å². The zero-order chi connectivity index (χ0) is 12.6. The molecule has 4 nitrogen and oxygen atoms in total. The Hall–Kier alpha value is -0.870. The van der Waals surface area contributed by atoms with Gasteiger partial charge in [-0.1, -0.05) is 0 Å². The molecule has 1 aliphatic heterocycles. The van der Waals surface area contributed by atoms with Gasteiger partial charge in [0.1, 0.15) is 0 Å². The first-order valence-corrected chi connectivity index (χ1v) is 6.94. The van der Waals surface area contributed by atoms with Crippen LogP contribution in [0.25, 0.3) is 0 Å². The molecule has 0 bridgehead atoms. The maximum atomic E-state index is 9.86. The van der Waals surface area contributed by atoms with Gasteiger partial charge in [0.15, 0.2) is 0 Å². The molecule has 3 rings (SSSR count). The highest BCUT2D eigenvalue weighted by Gasteiger charge is 2.50. The van der Waals surface area contributed by atoms with E-state index in [9.17, 15) is 5.11 Å². The highest BCUT2D eigenvalue weighted by atomic mass is 16.5. The van der Waals surface area contributed by atoms with E-state index in [-0.39, 0.29) is 18.1 Å². The Morgan fingerprint density at radius 2 is 2.39 bits per heavy atom. The van der Waals surface area contributed by atoms with E-state index in [0.29, 0.717) is 5.92 Å². The van der Waals surface area contributed by atoms with E-state index in [1.54, 1.807) is 0 Å². The van der Waals surface area contributed by atoms with E-state index in [4.69, 9.17) is 4.74 Å². The van der Waals surface area contributed by atoms with Crippen LogP contribution in [0, 0.1) is 11.3 Å². The van der Waals surface area contributed by atoms with Gasteiger partial charge in [-0.15, -0.1) is 0 Å². The number of ether oxygens (including phenoxy) is 1. The third kappa shape index (κ3) is 2.08. The molecule has 2 atom stereocenters. The lowest BCUT2D eigenvalue weighted by Gasteiger charge is -2.32. The molecule has 0 aromatic carbocycles. The second kappa shape index (κ2) is 4.67. The largest absolute Gasteiger partial charge is 0.396 e. The summed E-state index contributed by atoms with van der Waals surface area (Å²) in [5, 5.41) is 14.1. The van der Waals surface area contributed by atoms with Crippen molar-refractivity contribution in [3.63, 3.8) is 0 Å². The average molecular weight is 250 g/mol. The molecule has 2 aliphatic rings. The summed E-state index contributed by atoms with van der Waals surface area (Å²) in [5.74, 6) is 0.700. The standard InChI is InChI=1S/C14H22N2O2/c1-16-12(5-8-15-16)4-6-14(10-17)7-9-18-13(14)11-2-3-11/h5,8,11,13,17H,2-4,6-7,9-10H2,1H3. The Morgan fingerprint density at radius 1 is 1.56 bits per heavy atom. The molecular weight excluding hydrogens is 228 g/mol. The first kappa shape index (κ1) is 12.2. The number of aryl methyl sites for hydroxylation is 2. The maximum absolute atomic E-state index is 9.86. The van der Waals surface area contributed by atoms with Crippen molar-refractivity contribution < 1.29 is 9.84 Å². The molecule has 2 unspecified atom stereocenters. The zero-order valence-corrected chi connectivity index (χ0v) is 11.0.